The van der Waals surface area contributed by atoms with Crippen LogP contribution in [-0.2, 0) is 0 Å². The van der Waals surface area contributed by atoms with Gasteiger partial charge < -0.3 is 5.84 Å². The summed E-state index contributed by atoms with van der Waals surface area (Å²) in [7, 11) is 0. The fourth-order valence-corrected chi connectivity index (χ4v) is 0.529. The van der Waals surface area contributed by atoms with Gasteiger partial charge in [-0.15, -0.1) is 12.6 Å². The zero-order valence-electron chi connectivity index (χ0n) is 7.92. The van der Waals surface area contributed by atoms with Crippen molar-refractivity contribution >= 4 is 35.3 Å². The first kappa shape index (κ1) is 13.1. The minimum Gasteiger partial charge on any atom is -0.323 e. The molecule has 0 spiro atoms. The molecule has 0 bridgehead atoms. The van der Waals surface area contributed by atoms with E-state index in [4.69, 9.17) is 5.84 Å². The smallest absolute Gasteiger partial charge is 0.0830 e. The summed E-state index contributed by atoms with van der Waals surface area (Å²) in [5, 5.41) is 3.32. The average molecular weight is 227 g/mol. The van der Waals surface area contributed by atoms with Gasteiger partial charge in [0.05, 0.1) is 11.9 Å². The number of pyridine rings is 1. The Bertz CT molecular complexity index is 285. The van der Waals surface area contributed by atoms with Gasteiger partial charge in [0.15, 0.2) is 0 Å². The van der Waals surface area contributed by atoms with E-state index in [2.05, 4.69) is 34.9 Å². The second-order valence-electron chi connectivity index (χ2n) is 2.28. The summed E-state index contributed by atoms with van der Waals surface area (Å²) in [6.07, 6.45) is 4.09. The summed E-state index contributed by atoms with van der Waals surface area (Å²) in [6, 6.07) is 5.55. The fraction of sp³-hybridized carbons (Fsp3) is 0.222. The number of nitrogens with zero attached hydrogens (tertiary/aromatic N) is 2. The van der Waals surface area contributed by atoms with Crippen LogP contribution in [-0.4, -0.2) is 15.4 Å². The Morgan fingerprint density at radius 2 is 2.36 bits per heavy atom. The molecular formula is C9H13N3S2. The van der Waals surface area contributed by atoms with Crippen molar-refractivity contribution in [1.29, 1.82) is 0 Å². The lowest BCUT2D eigenvalue weighted by molar-refractivity contribution is 1.23. The van der Waals surface area contributed by atoms with Crippen LogP contribution < -0.4 is 5.84 Å². The lowest BCUT2D eigenvalue weighted by Gasteiger charge is -1.85. The average Bonchev–Trinajstić information content (AvgIpc) is 2.21. The first-order valence-electron chi connectivity index (χ1n) is 4.06. The fourth-order valence-electron chi connectivity index (χ4n) is 0.529. The Hall–Kier alpha value is -0.940. The van der Waals surface area contributed by atoms with Crippen molar-refractivity contribution in [3.63, 3.8) is 0 Å². The van der Waals surface area contributed by atoms with Gasteiger partial charge in [0.2, 0.25) is 0 Å². The molecule has 1 heterocycles. The van der Waals surface area contributed by atoms with Crippen molar-refractivity contribution in [1.82, 2.24) is 4.98 Å². The predicted molar refractivity (Wildman–Crippen MR) is 67.9 cm³/mol. The van der Waals surface area contributed by atoms with E-state index in [1.807, 2.05) is 25.1 Å². The van der Waals surface area contributed by atoms with Gasteiger partial charge in [-0.3, -0.25) is 4.98 Å². The molecule has 0 fully saturated rings. The number of thiocarbonyl (C=S) groups is 1. The zero-order chi connectivity index (χ0) is 10.8. The quantitative estimate of drug-likeness (QED) is 0.267. The maximum atomic E-state index is 4.89. The van der Waals surface area contributed by atoms with Crippen LogP contribution in [0.25, 0.3) is 0 Å². The van der Waals surface area contributed by atoms with Crippen molar-refractivity contribution in [3.05, 3.63) is 30.1 Å². The summed E-state index contributed by atoms with van der Waals surface area (Å²) < 4.78 is 0.782. The van der Waals surface area contributed by atoms with Gasteiger partial charge in [0.1, 0.15) is 0 Å². The molecule has 1 rings (SSSR count). The standard InChI is InChI=1S/C6H7N3.C3H6S2/c7-9-5-6-3-1-2-4-8-6;1-2-3(4)5/h1-5H,7H2;2H2,1H3,(H,4,5). The van der Waals surface area contributed by atoms with E-state index >= 15 is 0 Å². The summed E-state index contributed by atoms with van der Waals surface area (Å²) in [5.74, 6) is 4.89. The molecule has 0 aromatic carbocycles. The Labute approximate surface area is 94.8 Å². The topological polar surface area (TPSA) is 51.3 Å². The molecule has 0 saturated carbocycles. The predicted octanol–water partition coefficient (Wildman–Crippen LogP) is 2.03. The van der Waals surface area contributed by atoms with Gasteiger partial charge in [-0.25, -0.2) is 0 Å². The maximum absolute atomic E-state index is 4.89. The van der Waals surface area contributed by atoms with Crippen LogP contribution in [0.15, 0.2) is 29.5 Å². The minimum absolute atomic E-state index is 0.778. The molecule has 0 unspecified atom stereocenters. The first-order chi connectivity index (χ1) is 6.70. The molecule has 0 radical (unpaired) electrons. The maximum Gasteiger partial charge on any atom is 0.0830 e. The van der Waals surface area contributed by atoms with Gasteiger partial charge in [-0.1, -0.05) is 25.2 Å². The summed E-state index contributed by atoms with van der Waals surface area (Å²) in [5.41, 5.74) is 0.778. The first-order valence-corrected chi connectivity index (χ1v) is 4.92. The number of rotatable bonds is 2. The third-order valence-electron chi connectivity index (χ3n) is 1.20. The Kier molecular flexibility index (Phi) is 8.07. The lowest BCUT2D eigenvalue weighted by atomic mass is 10.4. The monoisotopic (exact) mass is 227 g/mol. The number of aromatic nitrogens is 1. The molecule has 76 valence electrons. The molecule has 0 aliphatic carbocycles. The minimum atomic E-state index is 0.778. The molecule has 0 saturated heterocycles. The number of thiol groups is 1. The molecule has 1 aromatic rings. The van der Waals surface area contributed by atoms with Crippen molar-refractivity contribution in [2.45, 2.75) is 13.3 Å². The molecule has 14 heavy (non-hydrogen) atoms. The van der Waals surface area contributed by atoms with Crippen LogP contribution in [0.2, 0.25) is 0 Å². The molecule has 3 nitrogen and oxygen atoms in total. The second kappa shape index (κ2) is 8.65. The van der Waals surface area contributed by atoms with Crippen molar-refractivity contribution in [2.75, 3.05) is 0 Å². The SMILES string of the molecule is CCC(=S)S.NN=Cc1ccccn1. The molecule has 2 N–H and O–H groups in total. The lowest BCUT2D eigenvalue weighted by Crippen LogP contribution is -1.88. The molecular weight excluding hydrogens is 214 g/mol. The van der Waals surface area contributed by atoms with Crippen LogP contribution in [0.5, 0.6) is 0 Å². The molecule has 0 amide bonds. The van der Waals surface area contributed by atoms with Crippen molar-refractivity contribution in [2.24, 2.45) is 10.9 Å². The highest BCUT2D eigenvalue weighted by molar-refractivity contribution is 8.11. The van der Waals surface area contributed by atoms with E-state index in [9.17, 15) is 0 Å². The van der Waals surface area contributed by atoms with Crippen LogP contribution >= 0.6 is 24.8 Å². The number of hydrazone groups is 1. The highest BCUT2D eigenvalue weighted by atomic mass is 32.1. The van der Waals surface area contributed by atoms with Crippen LogP contribution in [0.1, 0.15) is 19.0 Å². The van der Waals surface area contributed by atoms with E-state index < -0.39 is 0 Å². The summed E-state index contributed by atoms with van der Waals surface area (Å²) in [6.45, 7) is 1.98. The largest absolute Gasteiger partial charge is 0.323 e. The third kappa shape index (κ3) is 7.70. The summed E-state index contributed by atoms with van der Waals surface area (Å²) >= 11 is 8.39. The Morgan fingerprint density at radius 3 is 2.71 bits per heavy atom. The molecule has 1 aromatic heterocycles. The van der Waals surface area contributed by atoms with Gasteiger partial charge >= 0.3 is 0 Å². The van der Waals surface area contributed by atoms with Gasteiger partial charge in [0.25, 0.3) is 0 Å². The number of nitrogens with two attached hydrogens (primary N) is 1. The van der Waals surface area contributed by atoms with Crippen LogP contribution in [0, 0.1) is 0 Å². The van der Waals surface area contributed by atoms with E-state index in [1.54, 1.807) is 6.20 Å². The Morgan fingerprint density at radius 1 is 1.71 bits per heavy atom. The number of hydrogen-bond donors (Lipinski definition) is 2. The highest BCUT2D eigenvalue weighted by Gasteiger charge is 1.81. The second-order valence-corrected chi connectivity index (χ2v) is 3.62. The normalized spacial score (nSPS) is 9.29. The van der Waals surface area contributed by atoms with Crippen molar-refractivity contribution < 1.29 is 0 Å². The van der Waals surface area contributed by atoms with E-state index in [0.717, 1.165) is 16.3 Å². The van der Waals surface area contributed by atoms with Crippen LogP contribution in [0.4, 0.5) is 0 Å². The van der Waals surface area contributed by atoms with E-state index in [-0.39, 0.29) is 0 Å². The van der Waals surface area contributed by atoms with E-state index in [0.29, 0.717) is 0 Å². The van der Waals surface area contributed by atoms with E-state index in [1.165, 1.54) is 6.21 Å². The molecule has 0 atom stereocenters. The van der Waals surface area contributed by atoms with Crippen LogP contribution in [0.3, 0.4) is 0 Å². The van der Waals surface area contributed by atoms with Gasteiger partial charge in [-0.05, 0) is 18.6 Å². The van der Waals surface area contributed by atoms with Gasteiger partial charge in [0, 0.05) is 10.4 Å². The molecule has 0 aliphatic heterocycles. The zero-order valence-corrected chi connectivity index (χ0v) is 9.63. The molecule has 5 heteroatoms. The Balaban J connectivity index is 0.000000292. The third-order valence-corrected chi connectivity index (χ3v) is 1.80. The molecule has 0 aliphatic rings. The number of hydrogen-bond acceptors (Lipinski definition) is 4. The van der Waals surface area contributed by atoms with Crippen molar-refractivity contribution in [3.8, 4) is 0 Å². The summed E-state index contributed by atoms with van der Waals surface area (Å²) in [4.78, 5) is 3.94. The highest BCUT2D eigenvalue weighted by Crippen LogP contribution is 1.86. The van der Waals surface area contributed by atoms with Gasteiger partial charge in [-0.2, -0.15) is 5.10 Å².